The van der Waals surface area contributed by atoms with Crippen molar-refractivity contribution in [3.63, 3.8) is 0 Å². The zero-order valence-corrected chi connectivity index (χ0v) is 18.5. The van der Waals surface area contributed by atoms with Crippen molar-refractivity contribution in [1.82, 2.24) is 14.8 Å². The van der Waals surface area contributed by atoms with Gasteiger partial charge in [-0.25, -0.2) is 4.39 Å². The molecule has 5 nitrogen and oxygen atoms in total. The molecule has 0 bridgehead atoms. The highest BCUT2D eigenvalue weighted by Crippen LogP contribution is 2.29. The maximum atomic E-state index is 13.7. The van der Waals surface area contributed by atoms with E-state index in [2.05, 4.69) is 9.88 Å². The zero-order chi connectivity index (χ0) is 22.6. The van der Waals surface area contributed by atoms with Crippen LogP contribution in [0.2, 0.25) is 0 Å². The Labute approximate surface area is 188 Å². The molecule has 4 rings (SSSR count). The van der Waals surface area contributed by atoms with Gasteiger partial charge in [-0.1, -0.05) is 42.5 Å². The first kappa shape index (κ1) is 22.1. The Balaban J connectivity index is 1.61. The summed E-state index contributed by atoms with van der Waals surface area (Å²) in [7, 11) is 3.52. The lowest BCUT2D eigenvalue weighted by molar-refractivity contribution is -0.169. The summed E-state index contributed by atoms with van der Waals surface area (Å²) in [4.78, 5) is 21.4. The molecule has 1 unspecified atom stereocenters. The Morgan fingerprint density at radius 1 is 1.09 bits per heavy atom. The predicted molar refractivity (Wildman–Crippen MR) is 122 cm³/mol. The minimum absolute atomic E-state index is 0.0513. The van der Waals surface area contributed by atoms with E-state index < -0.39 is 5.60 Å². The molecule has 1 aromatic heterocycles. The van der Waals surface area contributed by atoms with E-state index in [1.807, 2.05) is 48.7 Å². The smallest absolute Gasteiger partial charge is 0.255 e. The third-order valence-electron chi connectivity index (χ3n) is 5.76. The summed E-state index contributed by atoms with van der Waals surface area (Å²) in [6.07, 6.45) is 4.05. The van der Waals surface area contributed by atoms with Gasteiger partial charge in [-0.3, -0.25) is 14.7 Å². The summed E-state index contributed by atoms with van der Waals surface area (Å²) >= 11 is 0. The summed E-state index contributed by atoms with van der Waals surface area (Å²) in [5.41, 5.74) is 2.82. The number of carbonyl (C=O) groups is 1. The molecule has 2 heterocycles. The third-order valence-corrected chi connectivity index (χ3v) is 5.76. The summed E-state index contributed by atoms with van der Waals surface area (Å²) in [6.45, 7) is 2.43. The van der Waals surface area contributed by atoms with Crippen molar-refractivity contribution in [3.8, 4) is 11.1 Å². The molecule has 0 radical (unpaired) electrons. The number of pyridine rings is 1. The maximum absolute atomic E-state index is 13.7. The Kier molecular flexibility index (Phi) is 6.63. The fourth-order valence-corrected chi connectivity index (χ4v) is 4.32. The molecule has 0 N–H and O–H groups in total. The molecule has 1 fully saturated rings. The van der Waals surface area contributed by atoms with Crippen molar-refractivity contribution >= 4 is 5.91 Å². The van der Waals surface area contributed by atoms with Crippen LogP contribution in [0.25, 0.3) is 11.1 Å². The number of carbonyl (C=O) groups excluding carboxylic acids is 1. The number of halogens is 1. The molecule has 0 aliphatic carbocycles. The van der Waals surface area contributed by atoms with Crippen LogP contribution in [0.3, 0.4) is 0 Å². The van der Waals surface area contributed by atoms with Crippen LogP contribution in [0, 0.1) is 5.82 Å². The SMILES string of the molecule is CN(C)C(=O)C1(Cc2cccc(-c3cccc(F)c3)c2)CN(Cc2cccnc2)CCO1. The van der Waals surface area contributed by atoms with E-state index in [0.29, 0.717) is 26.1 Å². The van der Waals surface area contributed by atoms with Gasteiger partial charge in [0, 0.05) is 52.5 Å². The van der Waals surface area contributed by atoms with Crippen molar-refractivity contribution in [2.75, 3.05) is 33.8 Å². The Morgan fingerprint density at radius 3 is 2.56 bits per heavy atom. The first-order chi connectivity index (χ1) is 15.4. The van der Waals surface area contributed by atoms with Gasteiger partial charge in [0.15, 0.2) is 5.60 Å². The number of amides is 1. The fourth-order valence-electron chi connectivity index (χ4n) is 4.32. The normalized spacial score (nSPS) is 19.0. The van der Waals surface area contributed by atoms with Crippen LogP contribution in [-0.4, -0.2) is 60.1 Å². The van der Waals surface area contributed by atoms with Crippen molar-refractivity contribution in [1.29, 1.82) is 0 Å². The largest absolute Gasteiger partial charge is 0.362 e. The Morgan fingerprint density at radius 2 is 1.84 bits per heavy atom. The summed E-state index contributed by atoms with van der Waals surface area (Å²) in [5.74, 6) is -0.321. The standard InChI is InChI=1S/C26H28FN3O2/c1-29(2)25(31)26(19-30(12-13-32-26)18-21-7-5-11-28-17-21)16-20-6-3-8-22(14-20)23-9-4-10-24(27)15-23/h3-11,14-15,17H,12-13,16,18-19H2,1-2H3. The van der Waals surface area contributed by atoms with E-state index in [0.717, 1.165) is 28.8 Å². The average molecular weight is 434 g/mol. The van der Waals surface area contributed by atoms with Crippen molar-refractivity contribution in [2.24, 2.45) is 0 Å². The van der Waals surface area contributed by atoms with Gasteiger partial charge in [-0.15, -0.1) is 0 Å². The van der Waals surface area contributed by atoms with E-state index in [4.69, 9.17) is 4.74 Å². The van der Waals surface area contributed by atoms with E-state index >= 15 is 0 Å². The van der Waals surface area contributed by atoms with Gasteiger partial charge in [-0.2, -0.15) is 0 Å². The lowest BCUT2D eigenvalue weighted by atomic mass is 9.89. The highest BCUT2D eigenvalue weighted by molar-refractivity contribution is 5.86. The van der Waals surface area contributed by atoms with Gasteiger partial charge in [0.25, 0.3) is 5.91 Å². The van der Waals surface area contributed by atoms with Gasteiger partial charge in [0.05, 0.1) is 6.61 Å². The molecular formula is C26H28FN3O2. The first-order valence-corrected chi connectivity index (χ1v) is 10.8. The number of hydrogen-bond acceptors (Lipinski definition) is 4. The van der Waals surface area contributed by atoms with E-state index in [-0.39, 0.29) is 11.7 Å². The zero-order valence-electron chi connectivity index (χ0n) is 18.5. The predicted octanol–water partition coefficient (Wildman–Crippen LogP) is 3.79. The van der Waals surface area contributed by atoms with Gasteiger partial charge < -0.3 is 9.64 Å². The molecule has 1 aliphatic heterocycles. The molecule has 3 aromatic rings. The molecule has 0 saturated carbocycles. The van der Waals surface area contributed by atoms with Crippen LogP contribution >= 0.6 is 0 Å². The summed E-state index contributed by atoms with van der Waals surface area (Å²) < 4.78 is 19.9. The van der Waals surface area contributed by atoms with Crippen molar-refractivity contribution in [2.45, 2.75) is 18.6 Å². The van der Waals surface area contributed by atoms with Gasteiger partial charge in [-0.05, 0) is 40.5 Å². The number of hydrogen-bond donors (Lipinski definition) is 0. The molecular weight excluding hydrogens is 405 g/mol. The third kappa shape index (κ3) is 5.03. The summed E-state index contributed by atoms with van der Waals surface area (Å²) in [5, 5.41) is 0. The molecule has 2 aromatic carbocycles. The van der Waals surface area contributed by atoms with Crippen LogP contribution in [0.4, 0.5) is 4.39 Å². The highest BCUT2D eigenvalue weighted by atomic mass is 19.1. The van der Waals surface area contributed by atoms with Crippen LogP contribution in [0.5, 0.6) is 0 Å². The number of aromatic nitrogens is 1. The Hall–Kier alpha value is -3.09. The van der Waals surface area contributed by atoms with Crippen LogP contribution in [-0.2, 0) is 22.5 Å². The number of morpholine rings is 1. The molecule has 1 amide bonds. The van der Waals surface area contributed by atoms with E-state index in [1.54, 1.807) is 31.3 Å². The van der Waals surface area contributed by atoms with Crippen LogP contribution < -0.4 is 0 Å². The van der Waals surface area contributed by atoms with Crippen LogP contribution in [0.15, 0.2) is 73.1 Å². The van der Waals surface area contributed by atoms with E-state index in [1.165, 1.54) is 12.1 Å². The molecule has 1 saturated heterocycles. The molecule has 166 valence electrons. The van der Waals surface area contributed by atoms with Gasteiger partial charge in [0.1, 0.15) is 5.82 Å². The minimum atomic E-state index is -0.982. The molecule has 6 heteroatoms. The van der Waals surface area contributed by atoms with Crippen molar-refractivity contribution in [3.05, 3.63) is 90.0 Å². The topological polar surface area (TPSA) is 45.7 Å². The Bertz CT molecular complexity index is 1070. The summed E-state index contributed by atoms with van der Waals surface area (Å²) in [6, 6.07) is 18.4. The monoisotopic (exact) mass is 433 g/mol. The second-order valence-corrected chi connectivity index (χ2v) is 8.50. The lowest BCUT2D eigenvalue weighted by Gasteiger charge is -2.43. The number of likely N-dealkylation sites (N-methyl/N-ethyl adjacent to an activating group) is 1. The molecule has 32 heavy (non-hydrogen) atoms. The molecule has 1 aliphatic rings. The number of ether oxygens (including phenoxy) is 1. The quantitative estimate of drug-likeness (QED) is 0.593. The molecule has 1 atom stereocenters. The second-order valence-electron chi connectivity index (χ2n) is 8.50. The van der Waals surface area contributed by atoms with Crippen molar-refractivity contribution < 1.29 is 13.9 Å². The lowest BCUT2D eigenvalue weighted by Crippen LogP contribution is -2.60. The van der Waals surface area contributed by atoms with Gasteiger partial charge >= 0.3 is 0 Å². The van der Waals surface area contributed by atoms with E-state index in [9.17, 15) is 9.18 Å². The maximum Gasteiger partial charge on any atom is 0.255 e. The highest BCUT2D eigenvalue weighted by Gasteiger charge is 2.44. The number of nitrogens with zero attached hydrogens (tertiary/aromatic N) is 3. The fraction of sp³-hybridized carbons (Fsp3) is 0.308. The van der Waals surface area contributed by atoms with Gasteiger partial charge in [0.2, 0.25) is 0 Å². The number of rotatable bonds is 6. The minimum Gasteiger partial charge on any atom is -0.362 e. The molecule has 0 spiro atoms. The number of benzene rings is 2. The van der Waals surface area contributed by atoms with Crippen LogP contribution in [0.1, 0.15) is 11.1 Å². The average Bonchev–Trinajstić information content (AvgIpc) is 2.79. The second kappa shape index (κ2) is 9.59. The first-order valence-electron chi connectivity index (χ1n) is 10.8.